The lowest BCUT2D eigenvalue weighted by molar-refractivity contribution is 0.0590. The Labute approximate surface area is 118 Å². The predicted octanol–water partition coefficient (Wildman–Crippen LogP) is 0.705. The van der Waals surface area contributed by atoms with E-state index in [2.05, 4.69) is 19.6 Å². The molecule has 0 bridgehead atoms. The second kappa shape index (κ2) is 5.69. The van der Waals surface area contributed by atoms with Crippen molar-refractivity contribution >= 4 is 27.3 Å². The number of thiazole rings is 1. The fraction of sp³-hybridized carbons (Fsp3) is 0.300. The average Bonchev–Trinajstić information content (AvgIpc) is 3.04. The highest BCUT2D eigenvalue weighted by atomic mass is 32.2. The van der Waals surface area contributed by atoms with Crippen molar-refractivity contribution in [3.05, 3.63) is 28.7 Å². The molecular weight excluding hydrogens is 306 g/mol. The molecule has 0 aliphatic rings. The topological polar surface area (TPSA) is 111 Å². The van der Waals surface area contributed by atoms with E-state index in [-0.39, 0.29) is 16.4 Å². The van der Waals surface area contributed by atoms with Crippen molar-refractivity contribution in [2.75, 3.05) is 7.11 Å². The lowest BCUT2D eigenvalue weighted by Gasteiger charge is -2.04. The minimum absolute atomic E-state index is 0.0435. The van der Waals surface area contributed by atoms with Gasteiger partial charge in [0, 0.05) is 6.07 Å². The zero-order valence-corrected chi connectivity index (χ0v) is 12.2. The van der Waals surface area contributed by atoms with Crippen LogP contribution in [0.15, 0.2) is 20.3 Å². The van der Waals surface area contributed by atoms with Crippen LogP contribution in [0.3, 0.4) is 0 Å². The Morgan fingerprint density at radius 1 is 1.55 bits per heavy atom. The van der Waals surface area contributed by atoms with Gasteiger partial charge in [0.15, 0.2) is 9.90 Å². The van der Waals surface area contributed by atoms with E-state index in [9.17, 15) is 13.2 Å². The van der Waals surface area contributed by atoms with Crippen molar-refractivity contribution < 1.29 is 22.5 Å². The van der Waals surface area contributed by atoms with Crippen molar-refractivity contribution in [3.63, 3.8) is 0 Å². The van der Waals surface area contributed by atoms with Gasteiger partial charge in [-0.1, -0.05) is 5.16 Å². The van der Waals surface area contributed by atoms with Crippen LogP contribution in [0.25, 0.3) is 0 Å². The number of hydrogen-bond donors (Lipinski definition) is 1. The van der Waals surface area contributed by atoms with Crippen LogP contribution in [0, 0.1) is 6.92 Å². The third-order valence-corrected chi connectivity index (χ3v) is 5.05. The maximum atomic E-state index is 12.1. The lowest BCUT2D eigenvalue weighted by atomic mass is 10.4. The van der Waals surface area contributed by atoms with Gasteiger partial charge in [-0.2, -0.15) is 0 Å². The van der Waals surface area contributed by atoms with Crippen molar-refractivity contribution in [1.29, 1.82) is 0 Å². The van der Waals surface area contributed by atoms with Gasteiger partial charge >= 0.3 is 5.97 Å². The van der Waals surface area contributed by atoms with Gasteiger partial charge in [-0.3, -0.25) is 0 Å². The van der Waals surface area contributed by atoms with Crippen molar-refractivity contribution in [3.8, 4) is 0 Å². The zero-order chi connectivity index (χ0) is 14.8. The molecule has 2 heterocycles. The van der Waals surface area contributed by atoms with Crippen molar-refractivity contribution in [2.45, 2.75) is 17.7 Å². The van der Waals surface area contributed by atoms with Crippen molar-refractivity contribution in [1.82, 2.24) is 14.9 Å². The van der Waals surface area contributed by atoms with Crippen LogP contribution < -0.4 is 4.72 Å². The zero-order valence-electron chi connectivity index (χ0n) is 10.6. The number of aryl methyl sites for hydroxylation is 1. The van der Waals surface area contributed by atoms with Gasteiger partial charge in [0.2, 0.25) is 0 Å². The Morgan fingerprint density at radius 2 is 2.30 bits per heavy atom. The van der Waals surface area contributed by atoms with Gasteiger partial charge in [0.25, 0.3) is 10.0 Å². The van der Waals surface area contributed by atoms with Crippen molar-refractivity contribution in [2.24, 2.45) is 0 Å². The number of hydrogen-bond acceptors (Lipinski definition) is 8. The van der Waals surface area contributed by atoms with E-state index in [4.69, 9.17) is 4.52 Å². The summed E-state index contributed by atoms with van der Waals surface area (Å²) in [5, 5.41) is 3.67. The van der Waals surface area contributed by atoms with Crippen LogP contribution in [0.5, 0.6) is 0 Å². The summed E-state index contributed by atoms with van der Waals surface area (Å²) in [7, 11) is -2.71. The van der Waals surface area contributed by atoms with Gasteiger partial charge < -0.3 is 9.26 Å². The Bertz CT molecular complexity index is 719. The van der Waals surface area contributed by atoms with E-state index < -0.39 is 16.0 Å². The first kappa shape index (κ1) is 14.6. The number of nitrogens with zero attached hydrogens (tertiary/aromatic N) is 2. The van der Waals surface area contributed by atoms with E-state index in [0.717, 1.165) is 18.4 Å². The molecule has 8 nitrogen and oxygen atoms in total. The molecule has 2 aromatic heterocycles. The highest BCUT2D eigenvalue weighted by molar-refractivity contribution is 7.91. The van der Waals surface area contributed by atoms with E-state index in [1.54, 1.807) is 13.0 Å². The molecule has 0 aromatic carbocycles. The number of esters is 1. The lowest BCUT2D eigenvalue weighted by Crippen LogP contribution is -2.24. The summed E-state index contributed by atoms with van der Waals surface area (Å²) in [5.41, 5.74) is 1.47. The van der Waals surface area contributed by atoms with E-state index in [1.165, 1.54) is 5.51 Å². The number of methoxy groups -OCH3 is 1. The van der Waals surface area contributed by atoms with Crippen LogP contribution in [0.2, 0.25) is 0 Å². The Morgan fingerprint density at radius 3 is 2.90 bits per heavy atom. The molecule has 20 heavy (non-hydrogen) atoms. The maximum Gasteiger partial charge on any atom is 0.358 e. The second-order valence-corrected chi connectivity index (χ2v) is 6.55. The molecule has 0 aliphatic heterocycles. The number of sulfonamides is 1. The molecule has 0 fully saturated rings. The second-order valence-electron chi connectivity index (χ2n) is 3.73. The summed E-state index contributed by atoms with van der Waals surface area (Å²) in [6.07, 6.45) is 0. The van der Waals surface area contributed by atoms with Gasteiger partial charge in [0.1, 0.15) is 5.76 Å². The summed E-state index contributed by atoms with van der Waals surface area (Å²) in [4.78, 5) is 15.1. The monoisotopic (exact) mass is 317 g/mol. The standard InChI is InChI=1S/C10H11N3O5S2/c1-6-3-7(13-18-6)4-12-20(15,16)10-8(9(14)17-2)11-5-19-10/h3,5,12H,4H2,1-2H3. The normalized spacial score (nSPS) is 11.5. The Balaban J connectivity index is 2.18. The third-order valence-electron chi connectivity index (χ3n) is 2.28. The van der Waals surface area contributed by atoms with Gasteiger partial charge in [0.05, 0.1) is 24.9 Å². The Kier molecular flexibility index (Phi) is 4.16. The number of carbonyl (C=O) groups excluding carboxylic acids is 1. The highest BCUT2D eigenvalue weighted by Crippen LogP contribution is 2.20. The van der Waals surface area contributed by atoms with E-state index in [1.807, 2.05) is 0 Å². The molecule has 0 unspecified atom stereocenters. The molecule has 0 spiro atoms. The predicted molar refractivity (Wildman–Crippen MR) is 68.7 cm³/mol. The summed E-state index contributed by atoms with van der Waals surface area (Å²) in [6.45, 7) is 1.65. The summed E-state index contributed by atoms with van der Waals surface area (Å²) >= 11 is 0.834. The van der Waals surface area contributed by atoms with Crippen LogP contribution in [0.4, 0.5) is 0 Å². The highest BCUT2D eigenvalue weighted by Gasteiger charge is 2.26. The molecule has 2 rings (SSSR count). The summed E-state index contributed by atoms with van der Waals surface area (Å²) < 4.78 is 35.7. The quantitative estimate of drug-likeness (QED) is 0.808. The molecule has 0 atom stereocenters. The fourth-order valence-corrected chi connectivity index (χ4v) is 3.57. The summed E-state index contributed by atoms with van der Waals surface area (Å²) in [6, 6.07) is 1.61. The van der Waals surface area contributed by atoms with Gasteiger partial charge in [-0.25, -0.2) is 22.9 Å². The smallest absolute Gasteiger partial charge is 0.358 e. The molecule has 10 heteroatoms. The first-order valence-electron chi connectivity index (χ1n) is 5.37. The van der Waals surface area contributed by atoms with Gasteiger partial charge in [-0.15, -0.1) is 11.3 Å². The SMILES string of the molecule is COC(=O)c1ncsc1S(=O)(=O)NCc1cc(C)on1. The number of ether oxygens (including phenoxy) is 1. The largest absolute Gasteiger partial charge is 0.464 e. The first-order valence-corrected chi connectivity index (χ1v) is 7.74. The Hall–Kier alpha value is -1.78. The molecule has 0 aliphatic carbocycles. The molecule has 0 saturated carbocycles. The molecule has 0 amide bonds. The molecule has 0 radical (unpaired) electrons. The third kappa shape index (κ3) is 3.03. The number of carbonyl (C=O) groups is 1. The minimum atomic E-state index is -3.87. The molecular formula is C10H11N3O5S2. The molecule has 1 N–H and O–H groups in total. The van der Waals surface area contributed by atoms with Gasteiger partial charge in [-0.05, 0) is 6.92 Å². The number of nitrogens with one attached hydrogen (secondary N) is 1. The molecule has 108 valence electrons. The first-order chi connectivity index (χ1) is 9.44. The summed E-state index contributed by atoms with van der Waals surface area (Å²) in [5.74, 6) is -0.226. The fourth-order valence-electron chi connectivity index (χ4n) is 1.39. The van der Waals surface area contributed by atoms with Crippen LogP contribution in [-0.2, 0) is 21.3 Å². The van der Waals surface area contributed by atoms with Crippen LogP contribution in [-0.4, -0.2) is 31.6 Å². The van der Waals surface area contributed by atoms with E-state index >= 15 is 0 Å². The molecule has 2 aromatic rings. The number of rotatable bonds is 5. The number of aromatic nitrogens is 2. The maximum absolute atomic E-state index is 12.1. The minimum Gasteiger partial charge on any atom is -0.464 e. The van der Waals surface area contributed by atoms with Crippen LogP contribution in [0.1, 0.15) is 21.9 Å². The average molecular weight is 317 g/mol. The van der Waals surface area contributed by atoms with E-state index in [0.29, 0.717) is 11.5 Å². The van der Waals surface area contributed by atoms with Crippen LogP contribution >= 0.6 is 11.3 Å². The molecule has 0 saturated heterocycles.